The maximum atomic E-state index is 12.9. The van der Waals surface area contributed by atoms with E-state index in [-0.39, 0.29) is 29.1 Å². The molecule has 1 rings (SSSR count). The molecule has 0 aliphatic carbocycles. The monoisotopic (exact) mass is 303 g/mol. The Kier molecular flexibility index (Phi) is 6.44. The Morgan fingerprint density at radius 3 is 2.45 bits per heavy atom. The van der Waals surface area contributed by atoms with Crippen molar-refractivity contribution in [1.82, 2.24) is 0 Å². The molecule has 1 aromatic rings. The van der Waals surface area contributed by atoms with Crippen LogP contribution in [0.25, 0.3) is 0 Å². The molecule has 1 atom stereocenters. The maximum Gasteiger partial charge on any atom is 0.306 e. The van der Waals surface area contributed by atoms with Crippen molar-refractivity contribution in [3.63, 3.8) is 0 Å². The van der Waals surface area contributed by atoms with Crippen molar-refractivity contribution < 1.29 is 23.1 Å². The van der Waals surface area contributed by atoms with E-state index in [9.17, 15) is 18.4 Å². The molecule has 0 saturated carbocycles. The minimum Gasteiger partial charge on any atom is -0.469 e. The van der Waals surface area contributed by atoms with E-state index in [0.717, 1.165) is 18.2 Å². The van der Waals surface area contributed by atoms with Gasteiger partial charge in [-0.25, -0.2) is 8.78 Å². The number of carbonyl (C=O) groups is 2. The van der Waals surface area contributed by atoms with Crippen molar-refractivity contribution in [1.29, 1.82) is 0 Å². The number of hydrogen-bond acceptors (Lipinski definition) is 4. The second kappa shape index (κ2) is 7.84. The van der Waals surface area contributed by atoms with E-state index in [4.69, 9.17) is 0 Å². The molecule has 0 radical (unpaired) electrons. The van der Waals surface area contributed by atoms with Crippen molar-refractivity contribution in [3.8, 4) is 0 Å². The van der Waals surface area contributed by atoms with Crippen LogP contribution in [-0.4, -0.2) is 30.0 Å². The Morgan fingerprint density at radius 2 is 1.90 bits per heavy atom. The summed E-state index contributed by atoms with van der Waals surface area (Å²) in [7, 11) is 1.30. The Balaban J connectivity index is 2.42. The topological polar surface area (TPSA) is 55.4 Å². The number of nitrogens with one attached hydrogen (secondary N) is 1. The molecular weight excluding hydrogens is 288 g/mol. The zero-order valence-electron chi connectivity index (χ0n) is 11.1. The van der Waals surface area contributed by atoms with Crippen LogP contribution in [0.1, 0.15) is 13.3 Å². The molecule has 1 unspecified atom stereocenters. The Bertz CT molecular complexity index is 476. The lowest BCUT2D eigenvalue weighted by Gasteiger charge is -2.10. The fourth-order valence-electron chi connectivity index (χ4n) is 1.42. The molecule has 20 heavy (non-hydrogen) atoms. The fraction of sp³-hybridized carbons (Fsp3) is 0.385. The van der Waals surface area contributed by atoms with Crippen LogP contribution in [0.4, 0.5) is 14.5 Å². The molecule has 110 valence electrons. The van der Waals surface area contributed by atoms with E-state index in [1.807, 2.05) is 0 Å². The summed E-state index contributed by atoms with van der Waals surface area (Å²) >= 11 is 1.26. The van der Waals surface area contributed by atoms with E-state index in [2.05, 4.69) is 10.1 Å². The number of rotatable bonds is 6. The number of methoxy groups -OCH3 is 1. The van der Waals surface area contributed by atoms with Crippen molar-refractivity contribution in [2.75, 3.05) is 18.2 Å². The van der Waals surface area contributed by atoms with E-state index >= 15 is 0 Å². The third-order valence-electron chi connectivity index (χ3n) is 2.33. The average molecular weight is 303 g/mol. The van der Waals surface area contributed by atoms with Gasteiger partial charge in [-0.15, -0.1) is 11.8 Å². The number of thioether (sulfide) groups is 1. The third kappa shape index (κ3) is 6.01. The molecule has 0 aromatic heterocycles. The van der Waals surface area contributed by atoms with Gasteiger partial charge >= 0.3 is 5.97 Å². The summed E-state index contributed by atoms with van der Waals surface area (Å²) < 4.78 is 30.4. The number of amides is 1. The highest BCUT2D eigenvalue weighted by Crippen LogP contribution is 2.16. The van der Waals surface area contributed by atoms with Gasteiger partial charge < -0.3 is 10.1 Å². The van der Waals surface area contributed by atoms with Gasteiger partial charge in [0.05, 0.1) is 19.3 Å². The van der Waals surface area contributed by atoms with Crippen LogP contribution in [0.5, 0.6) is 0 Å². The zero-order valence-corrected chi connectivity index (χ0v) is 11.9. The lowest BCUT2D eigenvalue weighted by Crippen LogP contribution is -2.17. The number of carbonyl (C=O) groups excluding carboxylic acids is 2. The van der Waals surface area contributed by atoms with Crippen LogP contribution in [0.3, 0.4) is 0 Å². The minimum absolute atomic E-state index is 0.0636. The van der Waals surface area contributed by atoms with Gasteiger partial charge in [-0.2, -0.15) is 0 Å². The van der Waals surface area contributed by atoms with Crippen LogP contribution in [0.15, 0.2) is 18.2 Å². The van der Waals surface area contributed by atoms with Crippen molar-refractivity contribution >= 4 is 29.3 Å². The predicted octanol–water partition coefficient (Wildman–Crippen LogP) is 2.59. The van der Waals surface area contributed by atoms with E-state index in [1.54, 1.807) is 6.92 Å². The summed E-state index contributed by atoms with van der Waals surface area (Å²) in [6.07, 6.45) is 0.197. The molecule has 0 aliphatic rings. The van der Waals surface area contributed by atoms with Gasteiger partial charge in [-0.05, 0) is 12.1 Å². The molecule has 1 N–H and O–H groups in total. The van der Waals surface area contributed by atoms with Crippen molar-refractivity contribution in [2.24, 2.45) is 0 Å². The first-order valence-electron chi connectivity index (χ1n) is 5.85. The normalized spacial score (nSPS) is 11.8. The van der Waals surface area contributed by atoms with Gasteiger partial charge in [0.15, 0.2) is 0 Å². The molecule has 0 fully saturated rings. The van der Waals surface area contributed by atoms with Crippen LogP contribution in [-0.2, 0) is 14.3 Å². The van der Waals surface area contributed by atoms with E-state index in [0.29, 0.717) is 0 Å². The molecule has 1 amide bonds. The van der Waals surface area contributed by atoms with E-state index in [1.165, 1.54) is 18.9 Å². The van der Waals surface area contributed by atoms with Crippen LogP contribution in [0.2, 0.25) is 0 Å². The molecule has 0 bridgehead atoms. The Morgan fingerprint density at radius 1 is 1.30 bits per heavy atom. The number of halogens is 2. The summed E-state index contributed by atoms with van der Waals surface area (Å²) in [5.41, 5.74) is 0.0636. The highest BCUT2D eigenvalue weighted by molar-refractivity contribution is 8.00. The SMILES string of the molecule is COC(=O)CC(C)SCC(=O)Nc1cc(F)cc(F)c1. The Labute approximate surface area is 119 Å². The largest absolute Gasteiger partial charge is 0.469 e. The molecule has 0 aliphatic heterocycles. The molecule has 1 aromatic carbocycles. The lowest BCUT2D eigenvalue weighted by molar-refractivity contribution is -0.140. The van der Waals surface area contributed by atoms with Crippen LogP contribution < -0.4 is 5.32 Å². The first-order valence-corrected chi connectivity index (χ1v) is 6.90. The summed E-state index contributed by atoms with van der Waals surface area (Å²) in [6.45, 7) is 1.79. The molecular formula is C13H15F2NO3S. The predicted molar refractivity (Wildman–Crippen MR) is 73.5 cm³/mol. The number of ether oxygens (including phenoxy) is 1. The number of hydrogen-bond donors (Lipinski definition) is 1. The van der Waals surface area contributed by atoms with Crippen molar-refractivity contribution in [3.05, 3.63) is 29.8 Å². The number of benzene rings is 1. The molecule has 0 saturated heterocycles. The third-order valence-corrected chi connectivity index (χ3v) is 3.49. The van der Waals surface area contributed by atoms with Gasteiger partial charge in [0.25, 0.3) is 0 Å². The number of anilines is 1. The van der Waals surface area contributed by atoms with Gasteiger partial charge in [-0.1, -0.05) is 6.92 Å². The second-order valence-corrected chi connectivity index (χ2v) is 5.53. The maximum absolute atomic E-state index is 12.9. The second-order valence-electron chi connectivity index (χ2n) is 4.11. The fourth-order valence-corrected chi connectivity index (χ4v) is 2.18. The van der Waals surface area contributed by atoms with Gasteiger partial charge in [-0.3, -0.25) is 9.59 Å². The first-order chi connectivity index (χ1) is 9.40. The quantitative estimate of drug-likeness (QED) is 0.821. The zero-order chi connectivity index (χ0) is 15.1. The highest BCUT2D eigenvalue weighted by Gasteiger charge is 2.12. The first kappa shape index (κ1) is 16.4. The highest BCUT2D eigenvalue weighted by atomic mass is 32.2. The Hall–Kier alpha value is -1.63. The smallest absolute Gasteiger partial charge is 0.306 e. The van der Waals surface area contributed by atoms with Crippen molar-refractivity contribution in [2.45, 2.75) is 18.6 Å². The van der Waals surface area contributed by atoms with Gasteiger partial charge in [0.2, 0.25) is 5.91 Å². The van der Waals surface area contributed by atoms with Crippen LogP contribution >= 0.6 is 11.8 Å². The van der Waals surface area contributed by atoms with E-state index < -0.39 is 17.5 Å². The summed E-state index contributed by atoms with van der Waals surface area (Å²) in [4.78, 5) is 22.6. The molecule has 7 heteroatoms. The average Bonchev–Trinajstić information content (AvgIpc) is 2.35. The number of esters is 1. The minimum atomic E-state index is -0.757. The summed E-state index contributed by atoms with van der Waals surface area (Å²) in [6, 6.07) is 2.79. The standard InChI is InChI=1S/C13H15F2NO3S/c1-8(3-13(18)19-2)20-7-12(17)16-11-5-9(14)4-10(15)6-11/h4-6,8H,3,7H2,1-2H3,(H,16,17). The van der Waals surface area contributed by atoms with Gasteiger partial charge in [0, 0.05) is 17.0 Å². The molecule has 4 nitrogen and oxygen atoms in total. The lowest BCUT2D eigenvalue weighted by atomic mass is 10.3. The van der Waals surface area contributed by atoms with Crippen LogP contribution in [0, 0.1) is 11.6 Å². The summed E-state index contributed by atoms with van der Waals surface area (Å²) in [5, 5.41) is 2.30. The van der Waals surface area contributed by atoms with Gasteiger partial charge in [0.1, 0.15) is 11.6 Å². The summed E-state index contributed by atoms with van der Waals surface area (Å²) in [5.74, 6) is -2.18. The molecule has 0 heterocycles. The molecule has 0 spiro atoms.